The van der Waals surface area contributed by atoms with E-state index in [2.05, 4.69) is 5.32 Å². The van der Waals surface area contributed by atoms with Gasteiger partial charge in [0.15, 0.2) is 11.5 Å². The van der Waals surface area contributed by atoms with Crippen LogP contribution in [-0.4, -0.2) is 45.9 Å². The van der Waals surface area contributed by atoms with Crippen molar-refractivity contribution in [1.29, 1.82) is 0 Å². The number of rotatable bonds is 6. The second-order valence-corrected chi connectivity index (χ2v) is 4.83. The zero-order valence-corrected chi connectivity index (χ0v) is 12.8. The Bertz CT molecular complexity index is 546. The summed E-state index contributed by atoms with van der Waals surface area (Å²) in [5.41, 5.74) is 0.678. The van der Waals surface area contributed by atoms with Crippen LogP contribution in [0.25, 0.3) is 0 Å². The minimum atomic E-state index is -0.407. The van der Waals surface area contributed by atoms with Crippen molar-refractivity contribution in [3.63, 3.8) is 0 Å². The van der Waals surface area contributed by atoms with Crippen molar-refractivity contribution in [2.45, 2.75) is 18.9 Å². The Hall–Kier alpha value is -2.44. The van der Waals surface area contributed by atoms with E-state index < -0.39 is 12.1 Å². The summed E-state index contributed by atoms with van der Waals surface area (Å²) in [7, 11) is 4.53. The highest BCUT2D eigenvalue weighted by Gasteiger charge is 2.25. The maximum Gasteiger partial charge on any atom is 0.310 e. The number of nitrogens with one attached hydrogen (secondary N) is 1. The number of hydrogen-bond donors (Lipinski definition) is 1. The van der Waals surface area contributed by atoms with Crippen LogP contribution in [0, 0.1) is 0 Å². The lowest BCUT2D eigenvalue weighted by molar-refractivity contribution is -0.147. The van der Waals surface area contributed by atoms with Gasteiger partial charge in [0.2, 0.25) is 11.7 Å². The number of esters is 1. The van der Waals surface area contributed by atoms with Gasteiger partial charge in [-0.05, 0) is 17.7 Å². The smallest absolute Gasteiger partial charge is 0.310 e. The van der Waals surface area contributed by atoms with Crippen LogP contribution in [0.5, 0.6) is 17.2 Å². The van der Waals surface area contributed by atoms with Gasteiger partial charge >= 0.3 is 5.97 Å². The molecule has 1 atom stereocenters. The van der Waals surface area contributed by atoms with Gasteiger partial charge in [0.05, 0.1) is 40.7 Å². The first-order valence-corrected chi connectivity index (χ1v) is 6.82. The maximum atomic E-state index is 12.0. The van der Waals surface area contributed by atoms with Gasteiger partial charge in [-0.2, -0.15) is 0 Å². The molecule has 1 N–H and O–H groups in total. The highest BCUT2D eigenvalue weighted by Crippen LogP contribution is 2.38. The van der Waals surface area contributed by atoms with Crippen molar-refractivity contribution in [3.05, 3.63) is 17.7 Å². The van der Waals surface area contributed by atoms with Crippen molar-refractivity contribution < 1.29 is 28.5 Å². The number of benzene rings is 1. The van der Waals surface area contributed by atoms with Crippen LogP contribution in [0.3, 0.4) is 0 Å². The molecule has 1 aromatic carbocycles. The third-order valence-corrected chi connectivity index (χ3v) is 3.31. The van der Waals surface area contributed by atoms with Gasteiger partial charge in [-0.25, -0.2) is 0 Å². The standard InChI is InChI=1S/C15H19NO6/c1-19-11-4-9(5-12(20-2)15(11)21-3)6-14(18)22-10-7-13(17)16-8-10/h4-5,10H,6-8H2,1-3H3,(H,16,17)/t10-/m1/s1. The molecule has 0 aromatic heterocycles. The number of hydrogen-bond acceptors (Lipinski definition) is 6. The maximum absolute atomic E-state index is 12.0. The summed E-state index contributed by atoms with van der Waals surface area (Å²) < 4.78 is 21.0. The molecule has 0 saturated carbocycles. The average molecular weight is 309 g/mol. The molecule has 0 aliphatic carbocycles. The summed E-state index contributed by atoms with van der Waals surface area (Å²) >= 11 is 0. The normalized spacial score (nSPS) is 16.9. The molecule has 120 valence electrons. The van der Waals surface area contributed by atoms with Crippen LogP contribution in [0.1, 0.15) is 12.0 Å². The van der Waals surface area contributed by atoms with E-state index in [9.17, 15) is 9.59 Å². The fourth-order valence-corrected chi connectivity index (χ4v) is 2.29. The average Bonchev–Trinajstić information content (AvgIpc) is 2.90. The van der Waals surface area contributed by atoms with E-state index in [-0.39, 0.29) is 18.7 Å². The molecular weight excluding hydrogens is 290 g/mol. The lowest BCUT2D eigenvalue weighted by atomic mass is 10.1. The van der Waals surface area contributed by atoms with Crippen LogP contribution in [0.2, 0.25) is 0 Å². The fourth-order valence-electron chi connectivity index (χ4n) is 2.29. The van der Waals surface area contributed by atoms with E-state index in [0.29, 0.717) is 29.4 Å². The number of amides is 1. The van der Waals surface area contributed by atoms with Crippen molar-refractivity contribution in [2.24, 2.45) is 0 Å². The van der Waals surface area contributed by atoms with Crippen LogP contribution in [0.15, 0.2) is 12.1 Å². The van der Waals surface area contributed by atoms with Gasteiger partial charge in [-0.1, -0.05) is 0 Å². The Morgan fingerprint density at radius 3 is 2.27 bits per heavy atom. The summed E-state index contributed by atoms with van der Waals surface area (Å²) in [5, 5.41) is 2.62. The first-order valence-electron chi connectivity index (χ1n) is 6.82. The molecule has 1 aliphatic heterocycles. The second kappa shape index (κ2) is 7.02. The molecule has 2 rings (SSSR count). The third-order valence-electron chi connectivity index (χ3n) is 3.31. The zero-order chi connectivity index (χ0) is 16.1. The molecule has 1 saturated heterocycles. The quantitative estimate of drug-likeness (QED) is 0.778. The molecule has 7 nitrogen and oxygen atoms in total. The van der Waals surface area contributed by atoms with Gasteiger partial charge in [0.25, 0.3) is 0 Å². The van der Waals surface area contributed by atoms with E-state index in [4.69, 9.17) is 18.9 Å². The Morgan fingerprint density at radius 1 is 1.18 bits per heavy atom. The molecule has 0 radical (unpaired) electrons. The summed E-state index contributed by atoms with van der Waals surface area (Å²) in [4.78, 5) is 23.0. The first kappa shape index (κ1) is 15.9. The molecular formula is C15H19NO6. The molecule has 0 unspecified atom stereocenters. The highest BCUT2D eigenvalue weighted by molar-refractivity contribution is 5.80. The summed E-state index contributed by atoms with van der Waals surface area (Å²) in [6.07, 6.45) is -0.135. The second-order valence-electron chi connectivity index (χ2n) is 4.83. The van der Waals surface area contributed by atoms with Crippen LogP contribution < -0.4 is 19.5 Å². The predicted molar refractivity (Wildman–Crippen MR) is 77.3 cm³/mol. The zero-order valence-electron chi connectivity index (χ0n) is 12.8. The molecule has 1 fully saturated rings. The monoisotopic (exact) mass is 309 g/mol. The van der Waals surface area contributed by atoms with Crippen molar-refractivity contribution in [3.8, 4) is 17.2 Å². The summed E-state index contributed by atoms with van der Waals surface area (Å²) in [6, 6.07) is 3.39. The molecule has 0 bridgehead atoms. The Balaban J connectivity index is 2.08. The van der Waals surface area contributed by atoms with Crippen LogP contribution in [0.4, 0.5) is 0 Å². The van der Waals surface area contributed by atoms with Crippen molar-refractivity contribution >= 4 is 11.9 Å². The molecule has 7 heteroatoms. The Labute approximate surface area is 128 Å². The molecule has 1 aliphatic rings. The topological polar surface area (TPSA) is 83.1 Å². The third kappa shape index (κ3) is 3.60. The van der Waals surface area contributed by atoms with Crippen molar-refractivity contribution in [1.82, 2.24) is 5.32 Å². The minimum Gasteiger partial charge on any atom is -0.493 e. The minimum absolute atomic E-state index is 0.0569. The van der Waals surface area contributed by atoms with Gasteiger partial charge in [-0.3, -0.25) is 9.59 Å². The Morgan fingerprint density at radius 2 is 1.82 bits per heavy atom. The summed E-state index contributed by atoms with van der Waals surface area (Å²) in [5.74, 6) is 0.902. The molecule has 1 aromatic rings. The van der Waals surface area contributed by atoms with Gasteiger partial charge in [0.1, 0.15) is 6.10 Å². The lowest BCUT2D eigenvalue weighted by Crippen LogP contribution is -2.22. The summed E-state index contributed by atoms with van der Waals surface area (Å²) in [6.45, 7) is 0.361. The SMILES string of the molecule is COc1cc(CC(=O)O[C@H]2CNC(=O)C2)cc(OC)c1OC. The van der Waals surface area contributed by atoms with Crippen LogP contribution >= 0.6 is 0 Å². The predicted octanol–water partition coefficient (Wildman–Crippen LogP) is 0.687. The van der Waals surface area contributed by atoms with Crippen molar-refractivity contribution in [2.75, 3.05) is 27.9 Å². The van der Waals surface area contributed by atoms with E-state index in [1.54, 1.807) is 12.1 Å². The highest BCUT2D eigenvalue weighted by atomic mass is 16.5. The number of carbonyl (C=O) groups is 2. The molecule has 1 amide bonds. The first-order chi connectivity index (χ1) is 10.6. The van der Waals surface area contributed by atoms with E-state index >= 15 is 0 Å². The van der Waals surface area contributed by atoms with Gasteiger partial charge in [-0.15, -0.1) is 0 Å². The largest absolute Gasteiger partial charge is 0.493 e. The lowest BCUT2D eigenvalue weighted by Gasteiger charge is -2.14. The number of methoxy groups -OCH3 is 3. The Kier molecular flexibility index (Phi) is 5.08. The van der Waals surface area contributed by atoms with Gasteiger partial charge in [0, 0.05) is 0 Å². The molecule has 0 spiro atoms. The number of carbonyl (C=O) groups excluding carboxylic acids is 2. The van der Waals surface area contributed by atoms with E-state index in [1.165, 1.54) is 21.3 Å². The van der Waals surface area contributed by atoms with E-state index in [0.717, 1.165) is 0 Å². The fraction of sp³-hybridized carbons (Fsp3) is 0.467. The molecule has 1 heterocycles. The van der Waals surface area contributed by atoms with E-state index in [1.807, 2.05) is 0 Å². The van der Waals surface area contributed by atoms with Crippen LogP contribution in [-0.2, 0) is 20.7 Å². The number of ether oxygens (including phenoxy) is 4. The molecule has 22 heavy (non-hydrogen) atoms. The van der Waals surface area contributed by atoms with Gasteiger partial charge < -0.3 is 24.3 Å².